The van der Waals surface area contributed by atoms with Gasteiger partial charge in [0.05, 0.1) is 11.9 Å². The third kappa shape index (κ3) is 9.23. The minimum atomic E-state index is -3.54. The summed E-state index contributed by atoms with van der Waals surface area (Å²) in [5.41, 5.74) is 3.48. The molecule has 0 aliphatic heterocycles. The maximum Gasteiger partial charge on any atom is 0.243 e. The van der Waals surface area contributed by atoms with Gasteiger partial charge in [-0.2, -0.15) is 0 Å². The van der Waals surface area contributed by atoms with Crippen LogP contribution in [-0.4, -0.2) is 50.0 Å². The molecule has 0 aliphatic carbocycles. The van der Waals surface area contributed by atoms with Crippen molar-refractivity contribution in [1.82, 2.24) is 10.2 Å². The summed E-state index contributed by atoms with van der Waals surface area (Å²) in [7, 11) is -3.54. The number of nitrogens with zero attached hydrogens (tertiary/aromatic N) is 2. The van der Waals surface area contributed by atoms with Crippen LogP contribution in [0.2, 0.25) is 0 Å². The molecule has 40 heavy (non-hydrogen) atoms. The zero-order valence-corrected chi connectivity index (χ0v) is 24.7. The summed E-state index contributed by atoms with van der Waals surface area (Å²) in [6.45, 7) is 6.34. The average molecular weight is 564 g/mol. The van der Waals surface area contributed by atoms with Gasteiger partial charge in [-0.15, -0.1) is 0 Å². The van der Waals surface area contributed by atoms with E-state index in [-0.39, 0.29) is 37.4 Å². The van der Waals surface area contributed by atoms with Crippen molar-refractivity contribution in [1.29, 1.82) is 0 Å². The number of sulfonamides is 1. The van der Waals surface area contributed by atoms with Crippen LogP contribution < -0.4 is 9.62 Å². The van der Waals surface area contributed by atoms with Crippen molar-refractivity contribution in [2.75, 3.05) is 17.1 Å². The number of hydrogen-bond donors (Lipinski definition) is 1. The SMILES string of the molecule is CC[C@H](C)NC(=O)[C@@H](Cc1ccccc1)N(Cc1ccccc1)C(=O)CCCN(c1ccc(C)cc1)S(C)(=O)=O. The first-order valence-electron chi connectivity index (χ1n) is 13.8. The quantitative estimate of drug-likeness (QED) is 0.296. The van der Waals surface area contributed by atoms with Crippen molar-refractivity contribution in [3.8, 4) is 0 Å². The molecule has 0 spiro atoms. The lowest BCUT2D eigenvalue weighted by Crippen LogP contribution is -2.52. The Labute approximate surface area is 239 Å². The molecular weight excluding hydrogens is 522 g/mol. The molecule has 0 aliphatic rings. The van der Waals surface area contributed by atoms with Gasteiger partial charge in [-0.25, -0.2) is 8.42 Å². The highest BCUT2D eigenvalue weighted by molar-refractivity contribution is 7.92. The number of rotatable bonds is 14. The number of hydrogen-bond acceptors (Lipinski definition) is 4. The first-order chi connectivity index (χ1) is 19.1. The Hall–Kier alpha value is -3.65. The van der Waals surface area contributed by atoms with E-state index in [0.29, 0.717) is 18.5 Å². The maximum absolute atomic E-state index is 13.8. The van der Waals surface area contributed by atoms with Gasteiger partial charge in [0.2, 0.25) is 21.8 Å². The Morgan fingerprint density at radius 3 is 2.00 bits per heavy atom. The zero-order chi connectivity index (χ0) is 29.1. The number of amides is 2. The second-order valence-corrected chi connectivity index (χ2v) is 12.2. The topological polar surface area (TPSA) is 86.8 Å². The predicted molar refractivity (Wildman–Crippen MR) is 161 cm³/mol. The van der Waals surface area contributed by atoms with E-state index in [0.717, 1.165) is 23.1 Å². The molecule has 0 heterocycles. The van der Waals surface area contributed by atoms with Crippen LogP contribution in [0.3, 0.4) is 0 Å². The fourth-order valence-electron chi connectivity index (χ4n) is 4.49. The Balaban J connectivity index is 1.86. The minimum absolute atomic E-state index is 0.0303. The van der Waals surface area contributed by atoms with Crippen molar-refractivity contribution in [3.63, 3.8) is 0 Å². The fourth-order valence-corrected chi connectivity index (χ4v) is 5.46. The lowest BCUT2D eigenvalue weighted by atomic mass is 10.0. The third-order valence-corrected chi connectivity index (χ3v) is 8.14. The Kier molecular flexibility index (Phi) is 11.3. The number of nitrogens with one attached hydrogen (secondary N) is 1. The summed E-state index contributed by atoms with van der Waals surface area (Å²) < 4.78 is 26.5. The molecule has 2 atom stereocenters. The van der Waals surface area contributed by atoms with Gasteiger partial charge < -0.3 is 10.2 Å². The van der Waals surface area contributed by atoms with E-state index in [1.54, 1.807) is 17.0 Å². The number of carbonyl (C=O) groups is 2. The van der Waals surface area contributed by atoms with E-state index in [2.05, 4.69) is 5.32 Å². The molecular formula is C32H41N3O4S. The molecule has 0 radical (unpaired) electrons. The highest BCUT2D eigenvalue weighted by Gasteiger charge is 2.31. The summed E-state index contributed by atoms with van der Waals surface area (Å²) in [6.07, 6.45) is 2.74. The van der Waals surface area contributed by atoms with Gasteiger partial charge in [0.15, 0.2) is 0 Å². The van der Waals surface area contributed by atoms with Crippen LogP contribution in [0.1, 0.15) is 49.8 Å². The Morgan fingerprint density at radius 1 is 0.875 bits per heavy atom. The molecule has 3 aromatic carbocycles. The van der Waals surface area contributed by atoms with Gasteiger partial charge in [0.25, 0.3) is 0 Å². The first-order valence-corrected chi connectivity index (χ1v) is 15.7. The van der Waals surface area contributed by atoms with Gasteiger partial charge in [0, 0.05) is 32.0 Å². The van der Waals surface area contributed by atoms with Crippen LogP contribution >= 0.6 is 0 Å². The number of carbonyl (C=O) groups excluding carboxylic acids is 2. The smallest absolute Gasteiger partial charge is 0.243 e. The van der Waals surface area contributed by atoms with Gasteiger partial charge in [-0.3, -0.25) is 13.9 Å². The fraction of sp³-hybridized carbons (Fsp3) is 0.375. The standard InChI is InChI=1S/C32H41N3O4S/c1-5-26(3)33-32(37)30(23-27-13-8-6-9-14-27)34(24-28-15-10-7-11-16-28)31(36)17-12-22-35(40(4,38)39)29-20-18-25(2)19-21-29/h6-11,13-16,18-21,26,30H,5,12,17,22-24H2,1-4H3,(H,33,37)/t26-,30+/m0/s1. The van der Waals surface area contributed by atoms with Gasteiger partial charge in [-0.1, -0.05) is 85.3 Å². The molecule has 0 bridgehead atoms. The minimum Gasteiger partial charge on any atom is -0.352 e. The second kappa shape index (κ2) is 14.7. The first kappa shape index (κ1) is 30.9. The third-order valence-electron chi connectivity index (χ3n) is 6.94. The van der Waals surface area contributed by atoms with E-state index >= 15 is 0 Å². The number of anilines is 1. The highest BCUT2D eigenvalue weighted by atomic mass is 32.2. The van der Waals surface area contributed by atoms with Crippen LogP contribution in [-0.2, 0) is 32.6 Å². The summed E-state index contributed by atoms with van der Waals surface area (Å²) in [6, 6.07) is 25.8. The average Bonchev–Trinajstić information content (AvgIpc) is 2.94. The number of aryl methyl sites for hydroxylation is 1. The molecule has 3 rings (SSSR count). The molecule has 0 aromatic heterocycles. The maximum atomic E-state index is 13.8. The van der Waals surface area contributed by atoms with Gasteiger partial charge in [0.1, 0.15) is 6.04 Å². The van der Waals surface area contributed by atoms with Crippen molar-refractivity contribution in [3.05, 3.63) is 102 Å². The summed E-state index contributed by atoms with van der Waals surface area (Å²) >= 11 is 0. The molecule has 0 unspecified atom stereocenters. The van der Waals surface area contributed by atoms with Crippen LogP contribution in [0.5, 0.6) is 0 Å². The van der Waals surface area contributed by atoms with E-state index in [9.17, 15) is 18.0 Å². The van der Waals surface area contributed by atoms with Crippen LogP contribution in [0, 0.1) is 6.92 Å². The normalized spacial score (nSPS) is 12.8. The molecule has 8 heteroatoms. The highest BCUT2D eigenvalue weighted by Crippen LogP contribution is 2.21. The zero-order valence-electron chi connectivity index (χ0n) is 23.9. The Morgan fingerprint density at radius 2 is 1.45 bits per heavy atom. The van der Waals surface area contributed by atoms with Gasteiger partial charge >= 0.3 is 0 Å². The molecule has 1 N–H and O–H groups in total. The Bertz CT molecular complexity index is 1330. The molecule has 0 saturated heterocycles. The predicted octanol–water partition coefficient (Wildman–Crippen LogP) is 5.10. The van der Waals surface area contributed by atoms with Crippen molar-refractivity contribution in [2.45, 2.75) is 65.1 Å². The van der Waals surface area contributed by atoms with Crippen molar-refractivity contribution in [2.24, 2.45) is 0 Å². The van der Waals surface area contributed by atoms with Crippen molar-refractivity contribution >= 4 is 27.5 Å². The summed E-state index contributed by atoms with van der Waals surface area (Å²) in [5, 5.41) is 3.07. The number of benzene rings is 3. The molecule has 0 fully saturated rings. The van der Waals surface area contributed by atoms with Gasteiger partial charge in [-0.05, 0) is 49.9 Å². The van der Waals surface area contributed by atoms with E-state index in [4.69, 9.17) is 0 Å². The van der Waals surface area contributed by atoms with Crippen LogP contribution in [0.4, 0.5) is 5.69 Å². The molecule has 0 saturated carbocycles. The van der Waals surface area contributed by atoms with E-state index < -0.39 is 16.1 Å². The van der Waals surface area contributed by atoms with Crippen LogP contribution in [0.25, 0.3) is 0 Å². The molecule has 2 amide bonds. The van der Waals surface area contributed by atoms with E-state index in [1.165, 1.54) is 10.6 Å². The summed E-state index contributed by atoms with van der Waals surface area (Å²) in [5.74, 6) is -0.388. The molecule has 3 aromatic rings. The van der Waals surface area contributed by atoms with Crippen molar-refractivity contribution < 1.29 is 18.0 Å². The largest absolute Gasteiger partial charge is 0.352 e. The molecule has 7 nitrogen and oxygen atoms in total. The second-order valence-electron chi connectivity index (χ2n) is 10.3. The molecule has 214 valence electrons. The summed E-state index contributed by atoms with van der Waals surface area (Å²) in [4.78, 5) is 29.1. The van der Waals surface area contributed by atoms with E-state index in [1.807, 2.05) is 93.6 Å². The lowest BCUT2D eigenvalue weighted by Gasteiger charge is -2.32. The lowest BCUT2D eigenvalue weighted by molar-refractivity contribution is -0.141. The monoisotopic (exact) mass is 563 g/mol. The van der Waals surface area contributed by atoms with Crippen LogP contribution in [0.15, 0.2) is 84.9 Å².